The summed E-state index contributed by atoms with van der Waals surface area (Å²) in [7, 11) is 0. The van der Waals surface area contributed by atoms with Gasteiger partial charge in [0.2, 0.25) is 11.8 Å². The third-order valence-corrected chi connectivity index (χ3v) is 5.91. The first-order chi connectivity index (χ1) is 14.4. The van der Waals surface area contributed by atoms with Gasteiger partial charge in [-0.15, -0.1) is 11.8 Å². The van der Waals surface area contributed by atoms with Crippen LogP contribution in [0.25, 0.3) is 0 Å². The summed E-state index contributed by atoms with van der Waals surface area (Å²) >= 11 is 7.32. The molecule has 2 rings (SSSR count). The van der Waals surface area contributed by atoms with Crippen LogP contribution in [0, 0.1) is 5.82 Å². The summed E-state index contributed by atoms with van der Waals surface area (Å²) in [5.41, 5.74) is 0.779. The average Bonchev–Trinajstić information content (AvgIpc) is 2.74. The topological polar surface area (TPSA) is 49.4 Å². The molecule has 2 aromatic rings. The molecule has 0 saturated heterocycles. The molecule has 2 aromatic carbocycles. The summed E-state index contributed by atoms with van der Waals surface area (Å²) in [6, 6.07) is 12.7. The van der Waals surface area contributed by atoms with E-state index in [-0.39, 0.29) is 29.9 Å². The van der Waals surface area contributed by atoms with Crippen molar-refractivity contribution in [1.82, 2.24) is 10.2 Å². The first kappa shape index (κ1) is 24.2. The molecular formula is C23H28ClFN2O2S. The summed E-state index contributed by atoms with van der Waals surface area (Å²) in [4.78, 5) is 28.4. The van der Waals surface area contributed by atoms with Crippen molar-refractivity contribution in [2.75, 3.05) is 12.3 Å². The molecule has 0 aliphatic carbocycles. The van der Waals surface area contributed by atoms with Gasteiger partial charge >= 0.3 is 0 Å². The molecule has 1 unspecified atom stereocenters. The van der Waals surface area contributed by atoms with Crippen LogP contribution < -0.4 is 5.32 Å². The zero-order chi connectivity index (χ0) is 21.9. The number of benzene rings is 2. The van der Waals surface area contributed by atoms with Gasteiger partial charge in [0.05, 0.1) is 5.75 Å². The predicted molar refractivity (Wildman–Crippen MR) is 121 cm³/mol. The molecule has 0 bridgehead atoms. The lowest BCUT2D eigenvalue weighted by atomic mass is 10.1. The summed E-state index contributed by atoms with van der Waals surface area (Å²) in [6.45, 7) is 4.78. The summed E-state index contributed by atoms with van der Waals surface area (Å²) < 4.78 is 13.3. The van der Waals surface area contributed by atoms with Crippen LogP contribution in [-0.2, 0) is 16.1 Å². The zero-order valence-electron chi connectivity index (χ0n) is 17.4. The van der Waals surface area contributed by atoms with Crippen LogP contribution >= 0.6 is 23.4 Å². The number of unbranched alkanes of at least 4 members (excludes halogenated alkanes) is 1. The van der Waals surface area contributed by atoms with Gasteiger partial charge < -0.3 is 10.2 Å². The van der Waals surface area contributed by atoms with Crippen molar-refractivity contribution in [3.05, 3.63) is 64.9 Å². The monoisotopic (exact) mass is 450 g/mol. The predicted octanol–water partition coefficient (Wildman–Crippen LogP) is 5.29. The molecule has 0 fully saturated rings. The fourth-order valence-corrected chi connectivity index (χ4v) is 3.88. The van der Waals surface area contributed by atoms with E-state index < -0.39 is 6.04 Å². The Kier molecular flexibility index (Phi) is 10.2. The van der Waals surface area contributed by atoms with Crippen LogP contribution in [0.15, 0.2) is 53.4 Å². The largest absolute Gasteiger partial charge is 0.354 e. The van der Waals surface area contributed by atoms with E-state index in [2.05, 4.69) is 12.2 Å². The number of carbonyl (C=O) groups excluding carboxylic acids is 2. The number of nitrogens with zero attached hydrogens (tertiary/aromatic N) is 1. The molecule has 1 atom stereocenters. The highest BCUT2D eigenvalue weighted by molar-refractivity contribution is 8.00. The summed E-state index contributed by atoms with van der Waals surface area (Å²) in [5, 5.41) is 3.57. The maximum Gasteiger partial charge on any atom is 0.242 e. The summed E-state index contributed by atoms with van der Waals surface area (Å²) in [5.74, 6) is -0.435. The highest BCUT2D eigenvalue weighted by Gasteiger charge is 2.28. The van der Waals surface area contributed by atoms with Crippen LogP contribution in [0.2, 0.25) is 5.02 Å². The van der Waals surface area contributed by atoms with Crippen molar-refractivity contribution in [3.63, 3.8) is 0 Å². The molecule has 0 aliphatic rings. The molecule has 0 heterocycles. The third-order valence-electron chi connectivity index (χ3n) is 4.66. The molecular weight excluding hydrogens is 423 g/mol. The minimum absolute atomic E-state index is 0.142. The lowest BCUT2D eigenvalue weighted by Gasteiger charge is -2.30. The Labute approximate surface area is 187 Å². The van der Waals surface area contributed by atoms with E-state index in [1.807, 2.05) is 19.1 Å². The van der Waals surface area contributed by atoms with Crippen LogP contribution in [0.5, 0.6) is 0 Å². The lowest BCUT2D eigenvalue weighted by Crippen LogP contribution is -2.49. The molecule has 0 aliphatic heterocycles. The Morgan fingerprint density at radius 3 is 2.37 bits per heavy atom. The molecule has 2 amide bonds. The van der Waals surface area contributed by atoms with Crippen molar-refractivity contribution in [2.24, 2.45) is 0 Å². The second kappa shape index (κ2) is 12.6. The standard InChI is InChI=1S/C23H28ClFN2O2S/c1-3-5-14-26-23(29)21(4-2)27(15-17-6-10-19(25)11-7-17)22(28)16-30-20-12-8-18(24)9-13-20/h6-13,21H,3-5,14-16H2,1-2H3,(H,26,29). The molecule has 30 heavy (non-hydrogen) atoms. The van der Waals surface area contributed by atoms with E-state index in [0.717, 1.165) is 23.3 Å². The Balaban J connectivity index is 2.15. The smallest absolute Gasteiger partial charge is 0.242 e. The van der Waals surface area contributed by atoms with Gasteiger partial charge in [0.1, 0.15) is 11.9 Å². The minimum Gasteiger partial charge on any atom is -0.354 e. The van der Waals surface area contributed by atoms with Gasteiger partial charge in [-0.2, -0.15) is 0 Å². The van der Waals surface area contributed by atoms with Crippen LogP contribution in [0.1, 0.15) is 38.7 Å². The fraction of sp³-hybridized carbons (Fsp3) is 0.391. The van der Waals surface area contributed by atoms with Gasteiger partial charge in [0, 0.05) is 23.0 Å². The second-order valence-electron chi connectivity index (χ2n) is 6.96. The van der Waals surface area contributed by atoms with Crippen molar-refractivity contribution in [2.45, 2.75) is 50.6 Å². The second-order valence-corrected chi connectivity index (χ2v) is 8.44. The van der Waals surface area contributed by atoms with Gasteiger partial charge in [-0.25, -0.2) is 4.39 Å². The quantitative estimate of drug-likeness (QED) is 0.373. The van der Waals surface area contributed by atoms with Crippen LogP contribution in [0.4, 0.5) is 4.39 Å². The zero-order valence-corrected chi connectivity index (χ0v) is 18.9. The molecule has 0 saturated carbocycles. The number of carbonyl (C=O) groups is 2. The average molecular weight is 451 g/mol. The number of rotatable bonds is 11. The Hall–Kier alpha value is -2.05. The lowest BCUT2D eigenvalue weighted by molar-refractivity contribution is -0.139. The minimum atomic E-state index is -0.578. The van der Waals surface area contributed by atoms with E-state index in [1.165, 1.54) is 23.9 Å². The van der Waals surface area contributed by atoms with E-state index in [1.54, 1.807) is 29.2 Å². The fourth-order valence-electron chi connectivity index (χ4n) is 2.97. The summed E-state index contributed by atoms with van der Waals surface area (Å²) in [6.07, 6.45) is 2.37. The van der Waals surface area contributed by atoms with Crippen molar-refractivity contribution in [3.8, 4) is 0 Å². The third kappa shape index (κ3) is 7.65. The molecule has 4 nitrogen and oxygen atoms in total. The van der Waals surface area contributed by atoms with E-state index in [9.17, 15) is 14.0 Å². The maximum absolute atomic E-state index is 13.3. The van der Waals surface area contributed by atoms with Crippen molar-refractivity contribution in [1.29, 1.82) is 0 Å². The van der Waals surface area contributed by atoms with E-state index in [0.29, 0.717) is 18.0 Å². The van der Waals surface area contributed by atoms with Gasteiger partial charge in [-0.1, -0.05) is 44.0 Å². The van der Waals surface area contributed by atoms with Gasteiger partial charge in [-0.05, 0) is 54.8 Å². The highest BCUT2D eigenvalue weighted by Crippen LogP contribution is 2.22. The van der Waals surface area contributed by atoms with E-state index in [4.69, 9.17) is 11.6 Å². The van der Waals surface area contributed by atoms with Gasteiger partial charge in [0.15, 0.2) is 0 Å². The first-order valence-corrected chi connectivity index (χ1v) is 11.5. The number of nitrogens with one attached hydrogen (secondary N) is 1. The number of thioether (sulfide) groups is 1. The Morgan fingerprint density at radius 1 is 1.10 bits per heavy atom. The molecule has 162 valence electrons. The van der Waals surface area contributed by atoms with E-state index >= 15 is 0 Å². The van der Waals surface area contributed by atoms with Crippen LogP contribution in [-0.4, -0.2) is 35.1 Å². The van der Waals surface area contributed by atoms with Gasteiger partial charge in [0.25, 0.3) is 0 Å². The Bertz CT molecular complexity index is 815. The van der Waals surface area contributed by atoms with Crippen LogP contribution in [0.3, 0.4) is 0 Å². The molecule has 0 spiro atoms. The Morgan fingerprint density at radius 2 is 1.77 bits per heavy atom. The molecule has 1 N–H and O–H groups in total. The maximum atomic E-state index is 13.3. The first-order valence-electron chi connectivity index (χ1n) is 10.1. The number of hydrogen-bond acceptors (Lipinski definition) is 3. The normalized spacial score (nSPS) is 11.7. The number of amides is 2. The highest BCUT2D eigenvalue weighted by atomic mass is 35.5. The molecule has 7 heteroatoms. The van der Waals surface area contributed by atoms with Gasteiger partial charge in [-0.3, -0.25) is 9.59 Å². The number of hydrogen-bond donors (Lipinski definition) is 1. The van der Waals surface area contributed by atoms with Crippen molar-refractivity contribution >= 4 is 35.2 Å². The van der Waals surface area contributed by atoms with Crippen molar-refractivity contribution < 1.29 is 14.0 Å². The number of halogens is 2. The molecule has 0 radical (unpaired) electrons. The SMILES string of the molecule is CCCCNC(=O)C(CC)N(Cc1ccc(F)cc1)C(=O)CSc1ccc(Cl)cc1. The molecule has 0 aromatic heterocycles.